The van der Waals surface area contributed by atoms with E-state index in [9.17, 15) is 14.9 Å². The van der Waals surface area contributed by atoms with Crippen LogP contribution in [0.1, 0.15) is 58.9 Å². The van der Waals surface area contributed by atoms with Crippen LogP contribution in [0, 0.1) is 18.3 Å². The van der Waals surface area contributed by atoms with Crippen LogP contribution in [0.5, 0.6) is 17.2 Å². The topological polar surface area (TPSA) is 107 Å². The number of benzene rings is 1. The molecule has 1 N–H and O–H groups in total. The van der Waals surface area contributed by atoms with Crippen LogP contribution >= 0.6 is 11.3 Å². The molecule has 0 unspecified atom stereocenters. The first-order valence-electron chi connectivity index (χ1n) is 9.99. The predicted octanol–water partition coefficient (Wildman–Crippen LogP) is 4.55. The summed E-state index contributed by atoms with van der Waals surface area (Å²) in [5.74, 6) is 0.196. The van der Waals surface area contributed by atoms with Gasteiger partial charge in [-0.15, -0.1) is 11.3 Å². The van der Waals surface area contributed by atoms with Crippen molar-refractivity contribution in [3.63, 3.8) is 0 Å². The SMILES string of the molecule is CCOC(=O)c1sc(NC(=O)c2cc(OCC)c(OCC)c(OCC)c2)c(C#N)c1C. The van der Waals surface area contributed by atoms with Crippen molar-refractivity contribution in [2.24, 2.45) is 0 Å². The van der Waals surface area contributed by atoms with E-state index in [2.05, 4.69) is 5.32 Å². The third-order valence-electron chi connectivity index (χ3n) is 4.12. The highest BCUT2D eigenvalue weighted by atomic mass is 32.1. The van der Waals surface area contributed by atoms with E-state index in [-0.39, 0.29) is 27.6 Å². The molecule has 1 amide bonds. The number of thiophene rings is 1. The molecular weight excluding hydrogens is 420 g/mol. The normalized spacial score (nSPS) is 10.2. The summed E-state index contributed by atoms with van der Waals surface area (Å²) in [4.78, 5) is 25.4. The molecule has 0 aliphatic carbocycles. The molecule has 8 nitrogen and oxygen atoms in total. The number of carbonyl (C=O) groups excluding carboxylic acids is 2. The van der Waals surface area contributed by atoms with Crippen molar-refractivity contribution < 1.29 is 28.5 Å². The Morgan fingerprint density at radius 1 is 1.00 bits per heavy atom. The number of nitriles is 1. The van der Waals surface area contributed by atoms with E-state index in [0.29, 0.717) is 42.6 Å². The first-order chi connectivity index (χ1) is 14.9. The monoisotopic (exact) mass is 446 g/mol. The number of esters is 1. The number of hydrogen-bond donors (Lipinski definition) is 1. The number of hydrogen-bond acceptors (Lipinski definition) is 8. The lowest BCUT2D eigenvalue weighted by atomic mass is 10.1. The molecule has 0 aliphatic rings. The zero-order chi connectivity index (χ0) is 23.0. The van der Waals surface area contributed by atoms with Gasteiger partial charge in [-0.05, 0) is 52.3 Å². The Labute approximate surface area is 185 Å². The van der Waals surface area contributed by atoms with E-state index < -0.39 is 11.9 Å². The lowest BCUT2D eigenvalue weighted by molar-refractivity contribution is 0.0531. The number of amides is 1. The summed E-state index contributed by atoms with van der Waals surface area (Å²) < 4.78 is 22.0. The van der Waals surface area contributed by atoms with Crippen LogP contribution < -0.4 is 19.5 Å². The van der Waals surface area contributed by atoms with E-state index in [1.165, 1.54) is 0 Å². The van der Waals surface area contributed by atoms with Crippen molar-refractivity contribution in [3.05, 3.63) is 33.7 Å². The Kier molecular flexibility index (Phi) is 8.70. The molecule has 0 saturated heterocycles. The van der Waals surface area contributed by atoms with Crippen LogP contribution in [0.15, 0.2) is 12.1 Å². The van der Waals surface area contributed by atoms with Gasteiger partial charge in [0, 0.05) is 5.56 Å². The van der Waals surface area contributed by atoms with Gasteiger partial charge < -0.3 is 24.3 Å². The summed E-state index contributed by atoms with van der Waals surface area (Å²) in [6.45, 7) is 10.2. The van der Waals surface area contributed by atoms with Gasteiger partial charge in [0.15, 0.2) is 11.5 Å². The van der Waals surface area contributed by atoms with Gasteiger partial charge >= 0.3 is 5.97 Å². The largest absolute Gasteiger partial charge is 0.490 e. The van der Waals surface area contributed by atoms with Gasteiger partial charge in [0.25, 0.3) is 5.91 Å². The van der Waals surface area contributed by atoms with Crippen LogP contribution in [0.25, 0.3) is 0 Å². The second kappa shape index (κ2) is 11.2. The Hall–Kier alpha value is -3.25. The third kappa shape index (κ3) is 5.47. The van der Waals surface area contributed by atoms with Crippen LogP contribution in [0.4, 0.5) is 5.00 Å². The molecule has 0 saturated carbocycles. The highest BCUT2D eigenvalue weighted by Gasteiger charge is 2.24. The fourth-order valence-corrected chi connectivity index (χ4v) is 3.87. The highest BCUT2D eigenvalue weighted by molar-refractivity contribution is 7.18. The van der Waals surface area contributed by atoms with Crippen molar-refractivity contribution in [2.75, 3.05) is 31.7 Å². The number of carbonyl (C=O) groups is 2. The van der Waals surface area contributed by atoms with E-state index in [1.54, 1.807) is 26.0 Å². The zero-order valence-corrected chi connectivity index (χ0v) is 19.1. The van der Waals surface area contributed by atoms with Gasteiger partial charge in [-0.25, -0.2) is 4.79 Å². The molecule has 0 spiro atoms. The van der Waals surface area contributed by atoms with Gasteiger partial charge in [-0.3, -0.25) is 4.79 Å². The van der Waals surface area contributed by atoms with Gasteiger partial charge in [0.2, 0.25) is 5.75 Å². The first-order valence-corrected chi connectivity index (χ1v) is 10.8. The summed E-state index contributed by atoms with van der Waals surface area (Å²) in [5.41, 5.74) is 0.961. The average Bonchev–Trinajstić information content (AvgIpc) is 3.05. The van der Waals surface area contributed by atoms with E-state index in [4.69, 9.17) is 18.9 Å². The second-order valence-electron chi connectivity index (χ2n) is 6.15. The molecule has 1 aromatic heterocycles. The minimum Gasteiger partial charge on any atom is -0.490 e. The Bertz CT molecular complexity index is 966. The summed E-state index contributed by atoms with van der Waals surface area (Å²) in [7, 11) is 0. The summed E-state index contributed by atoms with van der Waals surface area (Å²) in [6.07, 6.45) is 0. The maximum Gasteiger partial charge on any atom is 0.348 e. The molecule has 0 aliphatic heterocycles. The number of ether oxygens (including phenoxy) is 4. The molecule has 0 atom stereocenters. The quantitative estimate of drug-likeness (QED) is 0.533. The van der Waals surface area contributed by atoms with Crippen molar-refractivity contribution in [1.29, 1.82) is 5.26 Å². The summed E-state index contributed by atoms with van der Waals surface area (Å²) in [5, 5.41) is 12.5. The molecule has 1 heterocycles. The van der Waals surface area contributed by atoms with E-state index in [0.717, 1.165) is 11.3 Å². The number of anilines is 1. The fraction of sp³-hybridized carbons (Fsp3) is 0.409. The minimum atomic E-state index is -0.527. The van der Waals surface area contributed by atoms with Crippen molar-refractivity contribution in [3.8, 4) is 23.3 Å². The lowest BCUT2D eigenvalue weighted by Crippen LogP contribution is -2.13. The number of nitrogens with zero attached hydrogens (tertiary/aromatic N) is 1. The molecule has 2 rings (SSSR count). The molecule has 1 aromatic carbocycles. The molecule has 0 bridgehead atoms. The molecular formula is C22H26N2O6S. The fourth-order valence-electron chi connectivity index (χ4n) is 2.82. The van der Waals surface area contributed by atoms with Crippen molar-refractivity contribution in [1.82, 2.24) is 0 Å². The van der Waals surface area contributed by atoms with Gasteiger partial charge in [0.05, 0.1) is 32.0 Å². The van der Waals surface area contributed by atoms with Crippen LogP contribution in [-0.2, 0) is 4.74 Å². The maximum atomic E-state index is 13.0. The molecule has 0 fully saturated rings. The van der Waals surface area contributed by atoms with Crippen molar-refractivity contribution in [2.45, 2.75) is 34.6 Å². The smallest absolute Gasteiger partial charge is 0.348 e. The molecule has 2 aromatic rings. The number of nitrogens with one attached hydrogen (secondary N) is 1. The maximum absolute atomic E-state index is 13.0. The lowest BCUT2D eigenvalue weighted by Gasteiger charge is -2.17. The Morgan fingerprint density at radius 3 is 2.06 bits per heavy atom. The van der Waals surface area contributed by atoms with Crippen LogP contribution in [-0.4, -0.2) is 38.3 Å². The molecule has 31 heavy (non-hydrogen) atoms. The number of rotatable bonds is 10. The van der Waals surface area contributed by atoms with Gasteiger partial charge in [-0.2, -0.15) is 5.26 Å². The van der Waals surface area contributed by atoms with E-state index >= 15 is 0 Å². The molecule has 0 radical (unpaired) electrons. The van der Waals surface area contributed by atoms with Crippen LogP contribution in [0.3, 0.4) is 0 Å². The summed E-state index contributed by atoms with van der Waals surface area (Å²) >= 11 is 1.01. The van der Waals surface area contributed by atoms with Crippen LogP contribution in [0.2, 0.25) is 0 Å². The minimum absolute atomic E-state index is 0.215. The molecule has 166 valence electrons. The van der Waals surface area contributed by atoms with Gasteiger partial charge in [-0.1, -0.05) is 0 Å². The highest BCUT2D eigenvalue weighted by Crippen LogP contribution is 2.40. The standard InChI is InChI=1S/C22H26N2O6S/c1-6-27-16-10-14(11-17(28-7-2)18(16)29-8-3)20(25)24-21-15(12-23)13(5)19(31-21)22(26)30-9-4/h10-11H,6-9H2,1-5H3,(H,24,25). The zero-order valence-electron chi connectivity index (χ0n) is 18.3. The second-order valence-corrected chi connectivity index (χ2v) is 7.17. The predicted molar refractivity (Wildman–Crippen MR) is 118 cm³/mol. The average molecular weight is 447 g/mol. The Balaban J connectivity index is 2.44. The van der Waals surface area contributed by atoms with Crippen molar-refractivity contribution >= 4 is 28.2 Å². The Morgan fingerprint density at radius 2 is 1.58 bits per heavy atom. The van der Waals surface area contributed by atoms with Gasteiger partial charge in [0.1, 0.15) is 15.9 Å². The summed E-state index contributed by atoms with van der Waals surface area (Å²) in [6, 6.07) is 5.17. The molecule has 9 heteroatoms. The van der Waals surface area contributed by atoms with E-state index in [1.807, 2.05) is 26.8 Å². The first kappa shape index (κ1) is 24.0. The third-order valence-corrected chi connectivity index (χ3v) is 5.31.